The average Bonchev–Trinajstić information content (AvgIpc) is 2.39. The summed E-state index contributed by atoms with van der Waals surface area (Å²) in [5, 5.41) is 3.77. The molecule has 2 rings (SSSR count). The minimum absolute atomic E-state index is 0.409. The molecule has 106 valence electrons. The van der Waals surface area contributed by atoms with Crippen LogP contribution in [0.5, 0.6) is 0 Å². The molecule has 1 heterocycles. The summed E-state index contributed by atoms with van der Waals surface area (Å²) in [4.78, 5) is 2.43. The Morgan fingerprint density at radius 1 is 1.26 bits per heavy atom. The molecule has 0 bridgehead atoms. The molecule has 2 unspecified atom stereocenters. The summed E-state index contributed by atoms with van der Waals surface area (Å²) in [5.41, 5.74) is 1.36. The highest BCUT2D eigenvalue weighted by Gasteiger charge is 2.23. The maximum absolute atomic E-state index is 3.77. The number of rotatable bonds is 4. The highest BCUT2D eigenvalue weighted by atomic mass is 79.9. The smallest absolute Gasteiger partial charge is 0.0294 e. The molecule has 0 aromatic heterocycles. The zero-order valence-electron chi connectivity index (χ0n) is 12.2. The van der Waals surface area contributed by atoms with E-state index in [1.54, 1.807) is 0 Å². The Kier molecular flexibility index (Phi) is 5.43. The second-order valence-corrected chi connectivity index (χ2v) is 6.79. The lowest BCUT2D eigenvalue weighted by Gasteiger charge is -2.34. The molecule has 0 amide bonds. The molecule has 1 aromatic rings. The van der Waals surface area contributed by atoms with E-state index in [9.17, 15) is 0 Å². The van der Waals surface area contributed by atoms with Crippen LogP contribution < -0.4 is 5.32 Å². The molecule has 3 heteroatoms. The number of hydrogen-bond acceptors (Lipinski definition) is 2. The number of nitrogens with zero attached hydrogens (tertiary/aromatic N) is 1. The fourth-order valence-electron chi connectivity index (χ4n) is 2.93. The lowest BCUT2D eigenvalue weighted by Crippen LogP contribution is -2.41. The van der Waals surface area contributed by atoms with Gasteiger partial charge >= 0.3 is 0 Å². The first kappa shape index (κ1) is 15.0. The van der Waals surface area contributed by atoms with E-state index in [0.29, 0.717) is 12.1 Å². The number of nitrogens with one attached hydrogen (secondary N) is 1. The summed E-state index contributed by atoms with van der Waals surface area (Å²) in [5.74, 6) is 0.811. The predicted octanol–water partition coefficient (Wildman–Crippen LogP) is 3.83. The Hall–Kier alpha value is -0.380. The molecular weight excluding hydrogens is 300 g/mol. The summed E-state index contributed by atoms with van der Waals surface area (Å²) >= 11 is 3.55. The van der Waals surface area contributed by atoms with Gasteiger partial charge in [-0.3, -0.25) is 0 Å². The summed E-state index contributed by atoms with van der Waals surface area (Å²) in [6.07, 6.45) is 2.63. The van der Waals surface area contributed by atoms with E-state index < -0.39 is 0 Å². The molecule has 1 aromatic carbocycles. The molecule has 1 aliphatic rings. The fraction of sp³-hybridized carbons (Fsp3) is 0.625. The maximum Gasteiger partial charge on any atom is 0.0294 e. The van der Waals surface area contributed by atoms with Gasteiger partial charge in [-0.1, -0.05) is 28.1 Å². The quantitative estimate of drug-likeness (QED) is 0.905. The molecule has 1 fully saturated rings. The lowest BCUT2D eigenvalue weighted by atomic mass is 9.90. The predicted molar refractivity (Wildman–Crippen MR) is 85.4 cm³/mol. The molecule has 0 spiro atoms. The van der Waals surface area contributed by atoms with E-state index in [-0.39, 0.29) is 0 Å². The van der Waals surface area contributed by atoms with Crippen molar-refractivity contribution in [3.63, 3.8) is 0 Å². The van der Waals surface area contributed by atoms with Crippen molar-refractivity contribution in [2.45, 2.75) is 38.8 Å². The molecule has 19 heavy (non-hydrogen) atoms. The molecule has 1 saturated heterocycles. The van der Waals surface area contributed by atoms with E-state index in [1.807, 2.05) is 0 Å². The third-order valence-electron chi connectivity index (χ3n) is 4.33. The third-order valence-corrected chi connectivity index (χ3v) is 4.83. The van der Waals surface area contributed by atoms with Crippen molar-refractivity contribution in [1.29, 1.82) is 0 Å². The number of likely N-dealkylation sites (tertiary alicyclic amines) is 1. The first-order valence-electron chi connectivity index (χ1n) is 7.26. The summed E-state index contributed by atoms with van der Waals surface area (Å²) < 4.78 is 1.16. The highest BCUT2D eigenvalue weighted by molar-refractivity contribution is 9.10. The van der Waals surface area contributed by atoms with Crippen molar-refractivity contribution in [3.8, 4) is 0 Å². The van der Waals surface area contributed by atoms with E-state index in [1.165, 1.54) is 31.5 Å². The first-order valence-corrected chi connectivity index (χ1v) is 8.05. The van der Waals surface area contributed by atoms with Crippen LogP contribution in [0.1, 0.15) is 38.3 Å². The van der Waals surface area contributed by atoms with Crippen molar-refractivity contribution in [3.05, 3.63) is 34.3 Å². The zero-order chi connectivity index (χ0) is 13.8. The van der Waals surface area contributed by atoms with E-state index in [4.69, 9.17) is 0 Å². The van der Waals surface area contributed by atoms with Gasteiger partial charge in [0.15, 0.2) is 0 Å². The Labute approximate surface area is 125 Å². The molecule has 0 saturated carbocycles. The minimum Gasteiger partial charge on any atom is -0.307 e. The van der Waals surface area contributed by atoms with Gasteiger partial charge in [0.2, 0.25) is 0 Å². The standard InChI is InChI=1S/C16H25BrN2/c1-12(14-7-9-19(3)10-8-14)18-13(2)15-5-4-6-16(17)11-15/h4-6,11-14,18H,7-10H2,1-3H3. The van der Waals surface area contributed by atoms with Crippen LogP contribution in [0.15, 0.2) is 28.7 Å². The second kappa shape index (κ2) is 6.87. The molecule has 2 atom stereocenters. The van der Waals surface area contributed by atoms with Gasteiger partial charge in [0, 0.05) is 16.6 Å². The van der Waals surface area contributed by atoms with Crippen LogP contribution in [0, 0.1) is 5.92 Å². The minimum atomic E-state index is 0.409. The van der Waals surface area contributed by atoms with Crippen LogP contribution in [0.2, 0.25) is 0 Å². The number of hydrogen-bond donors (Lipinski definition) is 1. The second-order valence-electron chi connectivity index (χ2n) is 5.87. The van der Waals surface area contributed by atoms with E-state index in [2.05, 4.69) is 71.3 Å². The van der Waals surface area contributed by atoms with E-state index in [0.717, 1.165) is 10.4 Å². The fourth-order valence-corrected chi connectivity index (χ4v) is 3.35. The lowest BCUT2D eigenvalue weighted by molar-refractivity contribution is 0.185. The number of benzene rings is 1. The van der Waals surface area contributed by atoms with Crippen molar-refractivity contribution in [1.82, 2.24) is 10.2 Å². The summed E-state index contributed by atoms with van der Waals surface area (Å²) in [6.45, 7) is 7.07. The summed E-state index contributed by atoms with van der Waals surface area (Å²) in [6, 6.07) is 9.59. The largest absolute Gasteiger partial charge is 0.307 e. The first-order chi connectivity index (χ1) is 9.06. The topological polar surface area (TPSA) is 15.3 Å². The van der Waals surface area contributed by atoms with Crippen molar-refractivity contribution in [2.24, 2.45) is 5.92 Å². The average molecular weight is 325 g/mol. The van der Waals surface area contributed by atoms with Crippen LogP contribution in [0.25, 0.3) is 0 Å². The van der Waals surface area contributed by atoms with Gasteiger partial charge in [-0.2, -0.15) is 0 Å². The van der Waals surface area contributed by atoms with Crippen LogP contribution in [-0.2, 0) is 0 Å². The Balaban J connectivity index is 1.89. The van der Waals surface area contributed by atoms with Gasteiger partial charge in [-0.05, 0) is 70.4 Å². The summed E-state index contributed by atoms with van der Waals surface area (Å²) in [7, 11) is 2.22. The van der Waals surface area contributed by atoms with Crippen LogP contribution in [0.3, 0.4) is 0 Å². The SMILES string of the molecule is CC(NC(C)C1CCN(C)CC1)c1cccc(Br)c1. The molecule has 1 aliphatic heterocycles. The number of piperidine rings is 1. The van der Waals surface area contributed by atoms with Crippen molar-refractivity contribution >= 4 is 15.9 Å². The maximum atomic E-state index is 3.77. The molecule has 0 radical (unpaired) electrons. The van der Waals surface area contributed by atoms with E-state index >= 15 is 0 Å². The van der Waals surface area contributed by atoms with Gasteiger partial charge in [0.1, 0.15) is 0 Å². The molecular formula is C16H25BrN2. The highest BCUT2D eigenvalue weighted by Crippen LogP contribution is 2.23. The van der Waals surface area contributed by atoms with Crippen molar-refractivity contribution in [2.75, 3.05) is 20.1 Å². The van der Waals surface area contributed by atoms with Crippen LogP contribution in [-0.4, -0.2) is 31.1 Å². The Bertz CT molecular complexity index is 399. The van der Waals surface area contributed by atoms with Crippen LogP contribution in [0.4, 0.5) is 0 Å². The van der Waals surface area contributed by atoms with Gasteiger partial charge in [0.05, 0.1) is 0 Å². The number of halogens is 1. The molecule has 2 nitrogen and oxygen atoms in total. The Morgan fingerprint density at radius 3 is 2.58 bits per heavy atom. The van der Waals surface area contributed by atoms with Gasteiger partial charge in [0.25, 0.3) is 0 Å². The third kappa shape index (κ3) is 4.30. The van der Waals surface area contributed by atoms with Gasteiger partial charge < -0.3 is 10.2 Å². The van der Waals surface area contributed by atoms with Gasteiger partial charge in [-0.25, -0.2) is 0 Å². The van der Waals surface area contributed by atoms with Gasteiger partial charge in [-0.15, -0.1) is 0 Å². The van der Waals surface area contributed by atoms with Crippen LogP contribution >= 0.6 is 15.9 Å². The molecule has 0 aliphatic carbocycles. The normalized spacial score (nSPS) is 21.3. The zero-order valence-corrected chi connectivity index (χ0v) is 13.8. The monoisotopic (exact) mass is 324 g/mol. The molecule has 1 N–H and O–H groups in total. The van der Waals surface area contributed by atoms with Crippen molar-refractivity contribution < 1.29 is 0 Å². The Morgan fingerprint density at radius 2 is 1.95 bits per heavy atom.